The van der Waals surface area contributed by atoms with Crippen LogP contribution in [0.4, 0.5) is 11.6 Å². The Morgan fingerprint density at radius 3 is 3.00 bits per heavy atom. The molecule has 6 heteroatoms. The van der Waals surface area contributed by atoms with Gasteiger partial charge in [-0.2, -0.15) is 0 Å². The van der Waals surface area contributed by atoms with Crippen molar-refractivity contribution in [2.45, 2.75) is 0 Å². The summed E-state index contributed by atoms with van der Waals surface area (Å²) in [5, 5.41) is 3.05. The standard InChI is InChI=1S/C11H12N4O2/c1-7-6-17-11-10(13-7)14-9(5-12-11)15-3-4-16-8(15)2/h5H,1-4,6H2,(H,13,14). The lowest BCUT2D eigenvalue weighted by atomic mass is 10.4. The maximum Gasteiger partial charge on any atom is 0.258 e. The van der Waals surface area contributed by atoms with Gasteiger partial charge in [0, 0.05) is 5.70 Å². The average Bonchev–Trinajstić information content (AvgIpc) is 2.74. The molecular weight excluding hydrogens is 220 g/mol. The molecule has 0 spiro atoms. The third kappa shape index (κ3) is 1.67. The quantitative estimate of drug-likeness (QED) is 0.782. The Labute approximate surface area is 98.6 Å². The fraction of sp³-hybridized carbons (Fsp3) is 0.273. The minimum atomic E-state index is 0.417. The molecule has 2 aliphatic heterocycles. The predicted octanol–water partition coefficient (Wildman–Crippen LogP) is 1.10. The summed E-state index contributed by atoms with van der Waals surface area (Å²) in [7, 11) is 0. The van der Waals surface area contributed by atoms with E-state index in [1.54, 1.807) is 6.20 Å². The highest BCUT2D eigenvalue weighted by Crippen LogP contribution is 2.29. The second-order valence-corrected chi connectivity index (χ2v) is 3.79. The van der Waals surface area contributed by atoms with Crippen LogP contribution in [0.5, 0.6) is 5.88 Å². The van der Waals surface area contributed by atoms with Crippen molar-refractivity contribution in [3.8, 4) is 5.88 Å². The van der Waals surface area contributed by atoms with Gasteiger partial charge in [-0.3, -0.25) is 4.90 Å². The van der Waals surface area contributed by atoms with Crippen molar-refractivity contribution < 1.29 is 9.47 Å². The Balaban J connectivity index is 1.94. The van der Waals surface area contributed by atoms with E-state index in [1.165, 1.54) is 0 Å². The fourth-order valence-electron chi connectivity index (χ4n) is 1.74. The van der Waals surface area contributed by atoms with Crippen LogP contribution in [-0.4, -0.2) is 29.7 Å². The van der Waals surface area contributed by atoms with Crippen molar-refractivity contribution in [1.29, 1.82) is 0 Å². The van der Waals surface area contributed by atoms with Crippen LogP contribution in [0.1, 0.15) is 0 Å². The molecule has 0 aliphatic carbocycles. The smallest absolute Gasteiger partial charge is 0.258 e. The Bertz CT molecular complexity index is 500. The largest absolute Gasteiger partial charge is 0.477 e. The molecule has 0 saturated carbocycles. The number of anilines is 2. The number of ether oxygens (including phenoxy) is 2. The van der Waals surface area contributed by atoms with Gasteiger partial charge in [-0.25, -0.2) is 9.97 Å². The van der Waals surface area contributed by atoms with Crippen LogP contribution in [0.2, 0.25) is 0 Å². The van der Waals surface area contributed by atoms with Crippen LogP contribution in [0.25, 0.3) is 0 Å². The minimum Gasteiger partial charge on any atom is -0.477 e. The van der Waals surface area contributed by atoms with Gasteiger partial charge in [-0.15, -0.1) is 0 Å². The van der Waals surface area contributed by atoms with Gasteiger partial charge in [0.05, 0.1) is 12.7 Å². The minimum absolute atomic E-state index is 0.417. The normalized spacial score (nSPS) is 18.2. The second kappa shape index (κ2) is 3.65. The van der Waals surface area contributed by atoms with Gasteiger partial charge < -0.3 is 14.8 Å². The topological polar surface area (TPSA) is 59.5 Å². The van der Waals surface area contributed by atoms with E-state index in [4.69, 9.17) is 9.47 Å². The molecule has 17 heavy (non-hydrogen) atoms. The Morgan fingerprint density at radius 1 is 1.35 bits per heavy atom. The van der Waals surface area contributed by atoms with Crippen LogP contribution < -0.4 is 15.0 Å². The molecule has 0 radical (unpaired) electrons. The lowest BCUT2D eigenvalue weighted by Gasteiger charge is -2.21. The van der Waals surface area contributed by atoms with Crippen LogP contribution in [0.15, 0.2) is 30.9 Å². The van der Waals surface area contributed by atoms with Crippen LogP contribution in [0.3, 0.4) is 0 Å². The molecule has 6 nitrogen and oxygen atoms in total. The number of aromatic nitrogens is 2. The lowest BCUT2D eigenvalue weighted by molar-refractivity contribution is 0.270. The van der Waals surface area contributed by atoms with E-state index >= 15 is 0 Å². The van der Waals surface area contributed by atoms with E-state index in [9.17, 15) is 0 Å². The molecule has 0 bridgehead atoms. The zero-order valence-corrected chi connectivity index (χ0v) is 9.27. The monoisotopic (exact) mass is 232 g/mol. The van der Waals surface area contributed by atoms with Crippen molar-refractivity contribution >= 4 is 11.6 Å². The second-order valence-electron chi connectivity index (χ2n) is 3.79. The molecule has 1 aromatic rings. The number of nitrogens with one attached hydrogen (secondary N) is 1. The summed E-state index contributed by atoms with van der Waals surface area (Å²) in [5.41, 5.74) is 0.764. The van der Waals surface area contributed by atoms with Crippen molar-refractivity contribution in [2.24, 2.45) is 0 Å². The molecule has 0 atom stereocenters. The van der Waals surface area contributed by atoms with Gasteiger partial charge in [0.1, 0.15) is 13.2 Å². The number of hydrogen-bond donors (Lipinski definition) is 1. The fourth-order valence-corrected chi connectivity index (χ4v) is 1.74. The van der Waals surface area contributed by atoms with Crippen LogP contribution in [0, 0.1) is 0 Å². The highest BCUT2D eigenvalue weighted by atomic mass is 16.5. The number of fused-ring (bicyclic) bond motifs is 1. The number of nitrogens with zero attached hydrogens (tertiary/aromatic N) is 3. The third-order valence-electron chi connectivity index (χ3n) is 2.57. The maximum atomic E-state index is 5.37. The SMILES string of the molecule is C=C1COc2ncc(N3CCOC3=C)nc2N1. The molecule has 88 valence electrons. The Kier molecular flexibility index (Phi) is 2.14. The van der Waals surface area contributed by atoms with Gasteiger partial charge >= 0.3 is 0 Å². The highest BCUT2D eigenvalue weighted by Gasteiger charge is 2.22. The lowest BCUT2D eigenvalue weighted by Crippen LogP contribution is -2.22. The molecule has 3 rings (SSSR count). The van der Waals surface area contributed by atoms with Gasteiger partial charge in [-0.1, -0.05) is 6.58 Å². The number of rotatable bonds is 1. The molecular formula is C11H12N4O2. The highest BCUT2D eigenvalue weighted by molar-refractivity contribution is 5.57. The maximum absolute atomic E-state index is 5.37. The molecule has 1 saturated heterocycles. The molecule has 1 aromatic heterocycles. The van der Waals surface area contributed by atoms with Crippen molar-refractivity contribution in [2.75, 3.05) is 30.0 Å². The van der Waals surface area contributed by atoms with Crippen LogP contribution in [-0.2, 0) is 4.74 Å². The first-order valence-electron chi connectivity index (χ1n) is 5.28. The molecule has 3 heterocycles. The molecule has 0 amide bonds. The van der Waals surface area contributed by atoms with Gasteiger partial charge in [0.25, 0.3) is 5.88 Å². The Hall–Kier alpha value is -2.24. The molecule has 1 fully saturated rings. The van der Waals surface area contributed by atoms with E-state index in [-0.39, 0.29) is 0 Å². The third-order valence-corrected chi connectivity index (χ3v) is 2.57. The van der Waals surface area contributed by atoms with E-state index in [0.29, 0.717) is 36.6 Å². The molecule has 2 aliphatic rings. The van der Waals surface area contributed by atoms with Crippen molar-refractivity contribution in [3.05, 3.63) is 30.9 Å². The Morgan fingerprint density at radius 2 is 2.24 bits per heavy atom. The zero-order valence-electron chi connectivity index (χ0n) is 9.27. The molecule has 0 aromatic carbocycles. The van der Waals surface area contributed by atoms with Crippen molar-refractivity contribution in [1.82, 2.24) is 9.97 Å². The molecule has 1 N–H and O–H groups in total. The van der Waals surface area contributed by atoms with E-state index in [1.807, 2.05) is 4.90 Å². The van der Waals surface area contributed by atoms with Crippen LogP contribution >= 0.6 is 0 Å². The van der Waals surface area contributed by atoms with Gasteiger partial charge in [-0.05, 0) is 6.58 Å². The van der Waals surface area contributed by atoms with Gasteiger partial charge in [0.2, 0.25) is 0 Å². The van der Waals surface area contributed by atoms with E-state index in [2.05, 4.69) is 28.4 Å². The van der Waals surface area contributed by atoms with Gasteiger partial charge in [0.15, 0.2) is 17.5 Å². The first kappa shape index (κ1) is 9.95. The molecule has 0 unspecified atom stereocenters. The number of hydrogen-bond acceptors (Lipinski definition) is 6. The summed E-state index contributed by atoms with van der Waals surface area (Å²) in [4.78, 5) is 10.5. The average molecular weight is 232 g/mol. The first-order chi connectivity index (χ1) is 8.24. The summed E-state index contributed by atoms with van der Waals surface area (Å²) < 4.78 is 10.7. The zero-order chi connectivity index (χ0) is 11.8. The summed E-state index contributed by atoms with van der Waals surface area (Å²) in [6.45, 7) is 9.37. The van der Waals surface area contributed by atoms with E-state index < -0.39 is 0 Å². The summed E-state index contributed by atoms with van der Waals surface area (Å²) >= 11 is 0. The van der Waals surface area contributed by atoms with E-state index in [0.717, 1.165) is 12.2 Å². The van der Waals surface area contributed by atoms with Crippen molar-refractivity contribution in [3.63, 3.8) is 0 Å². The summed E-state index contributed by atoms with van der Waals surface area (Å²) in [6, 6.07) is 0. The summed E-state index contributed by atoms with van der Waals surface area (Å²) in [6.07, 6.45) is 1.65. The summed E-state index contributed by atoms with van der Waals surface area (Å²) in [5.74, 6) is 2.36. The first-order valence-corrected chi connectivity index (χ1v) is 5.28. The predicted molar refractivity (Wildman–Crippen MR) is 62.7 cm³/mol.